The Balaban J connectivity index is 2.03. The van der Waals surface area contributed by atoms with Crippen molar-refractivity contribution in [3.05, 3.63) is 58.1 Å². The molecular weight excluding hydrogens is 521 g/mol. The van der Waals surface area contributed by atoms with Crippen LogP contribution in [0.2, 0.25) is 10.0 Å². The Bertz CT molecular complexity index is 1140. The fraction of sp³-hybridized carbons (Fsp3) is 0.320. The monoisotopic (exact) mass is 549 g/mol. The summed E-state index contributed by atoms with van der Waals surface area (Å²) in [5, 5.41) is 22.3. The molecule has 0 unspecified atom stereocenters. The molecule has 36 heavy (non-hydrogen) atoms. The van der Waals surface area contributed by atoms with Crippen LogP contribution in [0, 0.1) is 10.8 Å². The third-order valence-corrected chi connectivity index (χ3v) is 6.66. The zero-order chi connectivity index (χ0) is 26.8. The fourth-order valence-electron chi connectivity index (χ4n) is 3.15. The molecule has 0 spiro atoms. The van der Waals surface area contributed by atoms with Crippen molar-refractivity contribution in [2.75, 3.05) is 25.2 Å². The molecule has 0 heterocycles. The van der Waals surface area contributed by atoms with Crippen molar-refractivity contribution in [1.82, 2.24) is 10.2 Å². The number of hydrogen-bond donors (Lipinski definition) is 4. The minimum Gasteiger partial charge on any atom is -0.366 e. The summed E-state index contributed by atoms with van der Waals surface area (Å²) in [6.07, 6.45) is -0.0924. The van der Waals surface area contributed by atoms with E-state index in [0.717, 1.165) is 17.3 Å². The summed E-state index contributed by atoms with van der Waals surface area (Å²) < 4.78 is 0. The van der Waals surface area contributed by atoms with Crippen LogP contribution in [0.4, 0.5) is 11.4 Å². The van der Waals surface area contributed by atoms with E-state index in [1.54, 1.807) is 37.2 Å². The lowest BCUT2D eigenvalue weighted by molar-refractivity contribution is -0.125. The SMILES string of the molecule is CC(=O)N[C@H](CSC(=O)Cc1ccccc1Nc1c(Cl)cccc1Cl)C(=O)CC(=N)CC(=N)N(C)C. The van der Waals surface area contributed by atoms with Crippen LogP contribution >= 0.6 is 35.0 Å². The van der Waals surface area contributed by atoms with Crippen LogP contribution in [-0.4, -0.2) is 59.1 Å². The average molecular weight is 551 g/mol. The number of Topliss-reactive ketones (excluding diaryl/α,β-unsaturated/α-hetero) is 1. The van der Waals surface area contributed by atoms with Gasteiger partial charge in [-0.15, -0.1) is 0 Å². The number of nitrogens with one attached hydrogen (secondary N) is 4. The predicted molar refractivity (Wildman–Crippen MR) is 148 cm³/mol. The summed E-state index contributed by atoms with van der Waals surface area (Å²) in [5.41, 5.74) is 2.00. The maximum atomic E-state index is 12.8. The van der Waals surface area contributed by atoms with Gasteiger partial charge in [-0.2, -0.15) is 0 Å². The van der Waals surface area contributed by atoms with Gasteiger partial charge in [0.15, 0.2) is 10.9 Å². The van der Waals surface area contributed by atoms with E-state index in [9.17, 15) is 14.4 Å². The number of amidine groups is 1. The van der Waals surface area contributed by atoms with Crippen molar-refractivity contribution in [2.24, 2.45) is 0 Å². The van der Waals surface area contributed by atoms with Gasteiger partial charge in [-0.05, 0) is 23.8 Å². The largest absolute Gasteiger partial charge is 0.366 e. The first-order valence-electron chi connectivity index (χ1n) is 11.0. The molecule has 11 heteroatoms. The number of ketones is 1. The minimum atomic E-state index is -0.916. The number of anilines is 2. The Morgan fingerprint density at radius 1 is 1.00 bits per heavy atom. The number of amides is 1. The van der Waals surface area contributed by atoms with Crippen molar-refractivity contribution >= 4 is 74.7 Å². The molecule has 0 saturated heterocycles. The molecule has 0 aliphatic heterocycles. The van der Waals surface area contributed by atoms with Gasteiger partial charge in [0, 0.05) is 57.4 Å². The number of thioether (sulfide) groups is 1. The van der Waals surface area contributed by atoms with Gasteiger partial charge in [-0.1, -0.05) is 59.2 Å². The number of carbonyl (C=O) groups excluding carboxylic acids is 3. The number of carbonyl (C=O) groups is 3. The fourth-order valence-corrected chi connectivity index (χ4v) is 4.52. The van der Waals surface area contributed by atoms with E-state index in [4.69, 9.17) is 34.0 Å². The molecule has 0 fully saturated rings. The topological polar surface area (TPSA) is 126 Å². The number of para-hydroxylation sites is 2. The molecule has 8 nitrogen and oxygen atoms in total. The predicted octanol–water partition coefficient (Wildman–Crippen LogP) is 4.95. The molecule has 0 aliphatic rings. The van der Waals surface area contributed by atoms with Crippen LogP contribution in [0.5, 0.6) is 0 Å². The van der Waals surface area contributed by atoms with Crippen LogP contribution in [0.3, 0.4) is 0 Å². The Morgan fingerprint density at radius 3 is 2.25 bits per heavy atom. The van der Waals surface area contributed by atoms with E-state index in [1.165, 1.54) is 6.92 Å². The van der Waals surface area contributed by atoms with Crippen molar-refractivity contribution in [2.45, 2.75) is 32.2 Å². The number of rotatable bonds is 12. The number of benzene rings is 2. The van der Waals surface area contributed by atoms with Crippen LogP contribution in [-0.2, 0) is 20.8 Å². The summed E-state index contributed by atoms with van der Waals surface area (Å²) in [7, 11) is 3.38. The van der Waals surface area contributed by atoms with E-state index >= 15 is 0 Å². The summed E-state index contributed by atoms with van der Waals surface area (Å²) in [6, 6.07) is 11.5. The second-order valence-electron chi connectivity index (χ2n) is 8.26. The maximum Gasteiger partial charge on any atom is 0.217 e. The van der Waals surface area contributed by atoms with Gasteiger partial charge < -0.3 is 20.9 Å². The molecule has 0 bridgehead atoms. The lowest BCUT2D eigenvalue weighted by atomic mass is 10.1. The lowest BCUT2D eigenvalue weighted by Crippen LogP contribution is -2.42. The summed E-state index contributed by atoms with van der Waals surface area (Å²) in [4.78, 5) is 38.7. The Hall–Kier alpha value is -2.88. The van der Waals surface area contributed by atoms with Gasteiger partial charge in [0.2, 0.25) is 5.91 Å². The number of hydrogen-bond acceptors (Lipinski definition) is 7. The first-order valence-corrected chi connectivity index (χ1v) is 12.8. The van der Waals surface area contributed by atoms with E-state index in [0.29, 0.717) is 21.4 Å². The Labute approximate surface area is 225 Å². The first-order chi connectivity index (χ1) is 17.0. The highest BCUT2D eigenvalue weighted by Crippen LogP contribution is 2.34. The van der Waals surface area contributed by atoms with Gasteiger partial charge in [0.1, 0.15) is 5.84 Å². The standard InChI is InChI=1S/C25H29Cl2N5O3S/c1-15(33)30-21(22(34)12-17(28)13-23(29)32(2)3)14-36-24(35)11-16-7-4-5-10-20(16)31-25-18(26)8-6-9-19(25)27/h4-10,21,28-29,31H,11-14H2,1-3H3,(H,30,33)/t21-/m1/s1. The molecule has 2 rings (SSSR count). The molecule has 1 amide bonds. The van der Waals surface area contributed by atoms with Gasteiger partial charge in [0.05, 0.1) is 21.8 Å². The zero-order valence-electron chi connectivity index (χ0n) is 20.3. The van der Waals surface area contributed by atoms with Crippen molar-refractivity contribution < 1.29 is 14.4 Å². The zero-order valence-corrected chi connectivity index (χ0v) is 22.6. The van der Waals surface area contributed by atoms with Crippen LogP contribution in [0.1, 0.15) is 25.3 Å². The Kier molecular flexibility index (Phi) is 11.4. The number of nitrogens with zero attached hydrogens (tertiary/aromatic N) is 1. The molecule has 2 aromatic carbocycles. The van der Waals surface area contributed by atoms with Crippen molar-refractivity contribution in [3.8, 4) is 0 Å². The van der Waals surface area contributed by atoms with Crippen LogP contribution in [0.15, 0.2) is 42.5 Å². The normalized spacial score (nSPS) is 11.4. The van der Waals surface area contributed by atoms with E-state index in [1.807, 2.05) is 24.3 Å². The summed E-state index contributed by atoms with van der Waals surface area (Å²) in [5.74, 6) is -0.530. The molecule has 1 atom stereocenters. The highest BCUT2D eigenvalue weighted by atomic mass is 35.5. The average Bonchev–Trinajstić information content (AvgIpc) is 2.79. The second-order valence-corrected chi connectivity index (χ2v) is 10.1. The molecule has 0 radical (unpaired) electrons. The van der Waals surface area contributed by atoms with Gasteiger partial charge in [-0.3, -0.25) is 19.8 Å². The van der Waals surface area contributed by atoms with E-state index < -0.39 is 11.9 Å². The third kappa shape index (κ3) is 9.29. The molecule has 4 N–H and O–H groups in total. The maximum absolute atomic E-state index is 12.8. The highest BCUT2D eigenvalue weighted by Gasteiger charge is 2.23. The van der Waals surface area contributed by atoms with Crippen LogP contribution < -0.4 is 10.6 Å². The minimum absolute atomic E-state index is 0.0385. The van der Waals surface area contributed by atoms with E-state index in [2.05, 4.69) is 10.6 Å². The number of halogens is 2. The molecule has 2 aromatic rings. The molecule has 0 saturated carbocycles. The van der Waals surface area contributed by atoms with Gasteiger partial charge in [-0.25, -0.2) is 0 Å². The van der Waals surface area contributed by atoms with Gasteiger partial charge >= 0.3 is 0 Å². The third-order valence-electron chi connectivity index (χ3n) is 5.06. The molecule has 192 valence electrons. The summed E-state index contributed by atoms with van der Waals surface area (Å²) in [6.45, 7) is 1.29. The Morgan fingerprint density at radius 2 is 1.64 bits per heavy atom. The van der Waals surface area contributed by atoms with Crippen molar-refractivity contribution in [1.29, 1.82) is 10.8 Å². The molecular formula is C25H29Cl2N5O3S. The first kappa shape index (κ1) is 29.4. The lowest BCUT2D eigenvalue weighted by Gasteiger charge is -2.18. The highest BCUT2D eigenvalue weighted by molar-refractivity contribution is 8.13. The van der Waals surface area contributed by atoms with Crippen molar-refractivity contribution in [3.63, 3.8) is 0 Å². The molecule has 0 aliphatic carbocycles. The smallest absolute Gasteiger partial charge is 0.217 e. The van der Waals surface area contributed by atoms with Gasteiger partial charge in [0.25, 0.3) is 0 Å². The van der Waals surface area contributed by atoms with Crippen LogP contribution in [0.25, 0.3) is 0 Å². The summed E-state index contributed by atoms with van der Waals surface area (Å²) >= 11 is 13.5. The quantitative estimate of drug-likeness (QED) is 0.219. The van der Waals surface area contributed by atoms with E-state index in [-0.39, 0.29) is 47.5 Å². The molecule has 0 aromatic heterocycles. The second kappa shape index (κ2) is 14.0.